The van der Waals surface area contributed by atoms with Crippen LogP contribution in [0.2, 0.25) is 5.15 Å². The summed E-state index contributed by atoms with van der Waals surface area (Å²) in [7, 11) is 1.84. The zero-order valence-corrected chi connectivity index (χ0v) is 11.7. The fourth-order valence-corrected chi connectivity index (χ4v) is 2.17. The standard InChI is InChI=1S/C14H15ClFN3/c1-3-5-12-13(15)17-9-18-14(12)19(2)11-7-4-6-10(16)8-11/h4,6-9H,3,5H2,1-2H3. The fraction of sp³-hybridized carbons (Fsp3) is 0.286. The number of hydrogen-bond donors (Lipinski definition) is 0. The topological polar surface area (TPSA) is 29.0 Å². The lowest BCUT2D eigenvalue weighted by molar-refractivity contribution is 0.628. The molecular weight excluding hydrogens is 265 g/mol. The molecule has 1 aromatic heterocycles. The van der Waals surface area contributed by atoms with E-state index in [1.54, 1.807) is 6.07 Å². The highest BCUT2D eigenvalue weighted by Crippen LogP contribution is 2.29. The Bertz CT molecular complexity index is 574. The Hall–Kier alpha value is -1.68. The van der Waals surface area contributed by atoms with Crippen LogP contribution in [0.25, 0.3) is 0 Å². The van der Waals surface area contributed by atoms with E-state index in [4.69, 9.17) is 11.6 Å². The molecule has 3 nitrogen and oxygen atoms in total. The van der Waals surface area contributed by atoms with Gasteiger partial charge in [0.2, 0.25) is 0 Å². The highest BCUT2D eigenvalue weighted by molar-refractivity contribution is 6.30. The summed E-state index contributed by atoms with van der Waals surface area (Å²) in [5.74, 6) is 0.439. The third-order valence-electron chi connectivity index (χ3n) is 2.88. The molecule has 0 amide bonds. The van der Waals surface area contributed by atoms with Crippen molar-refractivity contribution in [3.05, 3.63) is 47.1 Å². The second-order valence-electron chi connectivity index (χ2n) is 4.26. The van der Waals surface area contributed by atoms with Crippen molar-refractivity contribution >= 4 is 23.1 Å². The molecule has 0 radical (unpaired) electrons. The maximum Gasteiger partial charge on any atom is 0.140 e. The summed E-state index contributed by atoms with van der Waals surface area (Å²) >= 11 is 6.12. The van der Waals surface area contributed by atoms with Gasteiger partial charge in [-0.25, -0.2) is 14.4 Å². The van der Waals surface area contributed by atoms with Gasteiger partial charge in [0.25, 0.3) is 0 Å². The van der Waals surface area contributed by atoms with Crippen LogP contribution < -0.4 is 4.90 Å². The maximum absolute atomic E-state index is 13.3. The SMILES string of the molecule is CCCc1c(Cl)ncnc1N(C)c1cccc(F)c1. The van der Waals surface area contributed by atoms with Crippen LogP contribution >= 0.6 is 11.6 Å². The summed E-state index contributed by atoms with van der Waals surface area (Å²) in [5, 5.41) is 0.454. The third kappa shape index (κ3) is 3.01. The van der Waals surface area contributed by atoms with E-state index in [0.29, 0.717) is 11.0 Å². The highest BCUT2D eigenvalue weighted by atomic mass is 35.5. The van der Waals surface area contributed by atoms with Gasteiger partial charge in [-0.2, -0.15) is 0 Å². The van der Waals surface area contributed by atoms with Crippen molar-refractivity contribution < 1.29 is 4.39 Å². The molecule has 5 heteroatoms. The monoisotopic (exact) mass is 279 g/mol. The lowest BCUT2D eigenvalue weighted by Gasteiger charge is -2.21. The Morgan fingerprint density at radius 2 is 2.11 bits per heavy atom. The number of benzene rings is 1. The van der Waals surface area contributed by atoms with E-state index in [1.807, 2.05) is 18.0 Å². The summed E-state index contributed by atoms with van der Waals surface area (Å²) in [6.45, 7) is 2.06. The van der Waals surface area contributed by atoms with Crippen LogP contribution in [0.1, 0.15) is 18.9 Å². The number of hydrogen-bond acceptors (Lipinski definition) is 3. The molecule has 0 aliphatic carbocycles. The molecule has 1 heterocycles. The van der Waals surface area contributed by atoms with Gasteiger partial charge in [-0.3, -0.25) is 0 Å². The summed E-state index contributed by atoms with van der Waals surface area (Å²) in [6, 6.07) is 6.38. The van der Waals surface area contributed by atoms with Crippen molar-refractivity contribution in [2.24, 2.45) is 0 Å². The van der Waals surface area contributed by atoms with Crippen LogP contribution in [-0.2, 0) is 6.42 Å². The van der Waals surface area contributed by atoms with Crippen molar-refractivity contribution in [3.63, 3.8) is 0 Å². The van der Waals surface area contributed by atoms with Gasteiger partial charge in [0.15, 0.2) is 0 Å². The second kappa shape index (κ2) is 5.97. The molecular formula is C14H15ClFN3. The third-order valence-corrected chi connectivity index (χ3v) is 3.21. The zero-order chi connectivity index (χ0) is 13.8. The molecule has 1 aromatic carbocycles. The number of aromatic nitrogens is 2. The van der Waals surface area contributed by atoms with Crippen LogP contribution in [0.3, 0.4) is 0 Å². The summed E-state index contributed by atoms with van der Waals surface area (Å²) in [5.41, 5.74) is 1.62. The van der Waals surface area contributed by atoms with Gasteiger partial charge in [0.05, 0.1) is 0 Å². The molecule has 0 N–H and O–H groups in total. The molecule has 0 aliphatic heterocycles. The van der Waals surface area contributed by atoms with Gasteiger partial charge in [-0.1, -0.05) is 31.0 Å². The van der Waals surface area contributed by atoms with Gasteiger partial charge in [0, 0.05) is 18.3 Å². The molecule has 0 bridgehead atoms. The first kappa shape index (κ1) is 13.7. The predicted molar refractivity (Wildman–Crippen MR) is 75.5 cm³/mol. The van der Waals surface area contributed by atoms with Crippen LogP contribution in [0.5, 0.6) is 0 Å². The lowest BCUT2D eigenvalue weighted by atomic mass is 10.1. The van der Waals surface area contributed by atoms with E-state index < -0.39 is 0 Å². The van der Waals surface area contributed by atoms with Gasteiger partial charge < -0.3 is 4.90 Å². The Morgan fingerprint density at radius 1 is 1.32 bits per heavy atom. The van der Waals surface area contributed by atoms with E-state index in [-0.39, 0.29) is 5.82 Å². The van der Waals surface area contributed by atoms with Gasteiger partial charge in [-0.15, -0.1) is 0 Å². The van der Waals surface area contributed by atoms with Crippen LogP contribution in [0.4, 0.5) is 15.9 Å². The fourth-order valence-electron chi connectivity index (χ4n) is 1.94. The van der Waals surface area contributed by atoms with Gasteiger partial charge in [-0.05, 0) is 24.6 Å². The minimum Gasteiger partial charge on any atom is -0.329 e. The normalized spacial score (nSPS) is 10.5. The first-order chi connectivity index (χ1) is 9.13. The molecule has 0 fully saturated rings. The molecule has 0 saturated heterocycles. The van der Waals surface area contributed by atoms with Crippen LogP contribution in [0, 0.1) is 5.82 Å². The Morgan fingerprint density at radius 3 is 2.79 bits per heavy atom. The van der Waals surface area contributed by atoms with Gasteiger partial charge >= 0.3 is 0 Å². The largest absolute Gasteiger partial charge is 0.329 e. The lowest BCUT2D eigenvalue weighted by Crippen LogP contribution is -2.14. The predicted octanol–water partition coefficient (Wildman–Crippen LogP) is 3.99. The molecule has 0 spiro atoms. The Kier molecular flexibility index (Phi) is 4.32. The average Bonchev–Trinajstić information content (AvgIpc) is 2.40. The van der Waals surface area contributed by atoms with Crippen molar-refractivity contribution in [1.82, 2.24) is 9.97 Å². The summed E-state index contributed by atoms with van der Waals surface area (Å²) in [6.07, 6.45) is 3.15. The van der Waals surface area contributed by atoms with Crippen molar-refractivity contribution in [3.8, 4) is 0 Å². The number of halogens is 2. The maximum atomic E-state index is 13.3. The van der Waals surface area contributed by atoms with E-state index >= 15 is 0 Å². The molecule has 0 atom stereocenters. The Labute approximate surface area is 117 Å². The average molecular weight is 280 g/mol. The van der Waals surface area contributed by atoms with Crippen molar-refractivity contribution in [2.75, 3.05) is 11.9 Å². The number of nitrogens with zero attached hydrogens (tertiary/aromatic N) is 3. The van der Waals surface area contributed by atoms with E-state index in [2.05, 4.69) is 16.9 Å². The second-order valence-corrected chi connectivity index (χ2v) is 4.61. The van der Waals surface area contributed by atoms with Crippen molar-refractivity contribution in [1.29, 1.82) is 0 Å². The summed E-state index contributed by atoms with van der Waals surface area (Å²) in [4.78, 5) is 10.1. The van der Waals surface area contributed by atoms with E-state index in [0.717, 1.165) is 24.1 Å². The smallest absolute Gasteiger partial charge is 0.140 e. The number of rotatable bonds is 4. The molecule has 0 saturated carbocycles. The molecule has 100 valence electrons. The quantitative estimate of drug-likeness (QED) is 0.793. The Balaban J connectivity index is 2.43. The van der Waals surface area contributed by atoms with E-state index in [1.165, 1.54) is 18.5 Å². The minimum atomic E-state index is -0.276. The minimum absolute atomic E-state index is 0.276. The number of anilines is 2. The van der Waals surface area contributed by atoms with Crippen LogP contribution in [0.15, 0.2) is 30.6 Å². The van der Waals surface area contributed by atoms with E-state index in [9.17, 15) is 4.39 Å². The van der Waals surface area contributed by atoms with Crippen molar-refractivity contribution in [2.45, 2.75) is 19.8 Å². The molecule has 0 aliphatic rings. The molecule has 0 unspecified atom stereocenters. The van der Waals surface area contributed by atoms with Crippen LogP contribution in [-0.4, -0.2) is 17.0 Å². The summed E-state index contributed by atoms with van der Waals surface area (Å²) < 4.78 is 13.3. The molecule has 2 rings (SSSR count). The van der Waals surface area contributed by atoms with Gasteiger partial charge in [0.1, 0.15) is 23.1 Å². The molecule has 2 aromatic rings. The first-order valence-corrected chi connectivity index (χ1v) is 6.50. The zero-order valence-electron chi connectivity index (χ0n) is 10.9. The first-order valence-electron chi connectivity index (χ1n) is 6.12. The molecule has 19 heavy (non-hydrogen) atoms. The highest BCUT2D eigenvalue weighted by Gasteiger charge is 2.14.